The molecule has 3 saturated heterocycles. The maximum atomic E-state index is 12.3. The number of piperidine rings is 1. The molecule has 3 fully saturated rings. The second kappa shape index (κ2) is 7.44. The van der Waals surface area contributed by atoms with Gasteiger partial charge in [-0.25, -0.2) is 4.79 Å². The number of amidine groups is 1. The fraction of sp³-hybridized carbons (Fsp3) is 0.769. The molecule has 0 spiro atoms. The van der Waals surface area contributed by atoms with Crippen molar-refractivity contribution in [1.82, 2.24) is 15.3 Å². The summed E-state index contributed by atoms with van der Waals surface area (Å²) in [6, 6.07) is -1.93. The number of ether oxygens (including phenoxy) is 1. The summed E-state index contributed by atoms with van der Waals surface area (Å²) < 4.78 is 40.3. The highest BCUT2D eigenvalue weighted by Gasteiger charge is 2.48. The zero-order valence-corrected chi connectivity index (χ0v) is 14.7. The monoisotopic (exact) mass is 391 g/mol. The topological polar surface area (TPSA) is 164 Å². The maximum Gasteiger partial charge on any atom is 0.418 e. The minimum atomic E-state index is -4.81. The highest BCUT2D eigenvalue weighted by atomic mass is 32.3. The van der Waals surface area contributed by atoms with E-state index in [0.29, 0.717) is 24.4 Å². The van der Waals surface area contributed by atoms with Gasteiger partial charge in [-0.2, -0.15) is 18.5 Å². The smallest absolute Gasteiger partial charge is 0.385 e. The first kappa shape index (κ1) is 19.0. The Labute approximate surface area is 150 Å². The largest absolute Gasteiger partial charge is 0.418 e. The number of hydroxylamine groups is 2. The van der Waals surface area contributed by atoms with Crippen molar-refractivity contribution in [2.45, 2.75) is 37.5 Å². The normalized spacial score (nSPS) is 29.5. The van der Waals surface area contributed by atoms with Crippen LogP contribution in [0.15, 0.2) is 4.99 Å². The van der Waals surface area contributed by atoms with Gasteiger partial charge in [0, 0.05) is 13.1 Å². The number of fused-ring (bicyclic) bond motifs is 2. The summed E-state index contributed by atoms with van der Waals surface area (Å²) in [5.74, 6) is -0.585. The van der Waals surface area contributed by atoms with Crippen molar-refractivity contribution in [3.63, 3.8) is 0 Å². The third kappa shape index (κ3) is 4.29. The molecule has 0 radical (unpaired) electrons. The summed E-state index contributed by atoms with van der Waals surface area (Å²) in [4.78, 5) is 29.3. The maximum absolute atomic E-state index is 12.3. The van der Waals surface area contributed by atoms with Crippen LogP contribution >= 0.6 is 0 Å². The molecule has 4 N–H and O–H groups in total. The van der Waals surface area contributed by atoms with Crippen molar-refractivity contribution >= 4 is 28.2 Å². The number of aliphatic imine (C=N–C) groups is 1. The first-order chi connectivity index (χ1) is 12.2. The van der Waals surface area contributed by atoms with Crippen molar-refractivity contribution in [3.05, 3.63) is 0 Å². The first-order valence-corrected chi connectivity index (χ1v) is 9.57. The molecule has 0 aromatic heterocycles. The second-order valence-corrected chi connectivity index (χ2v) is 7.37. The summed E-state index contributed by atoms with van der Waals surface area (Å²) in [5, 5.41) is 3.73. The number of urea groups is 1. The molecule has 26 heavy (non-hydrogen) atoms. The molecule has 3 rings (SSSR count). The molecule has 13 heteroatoms. The Balaban J connectivity index is 1.60. The van der Waals surface area contributed by atoms with Gasteiger partial charge in [0.15, 0.2) is 0 Å². The van der Waals surface area contributed by atoms with Crippen LogP contribution in [0.25, 0.3) is 0 Å². The van der Waals surface area contributed by atoms with Gasteiger partial charge in [0.05, 0.1) is 18.2 Å². The van der Waals surface area contributed by atoms with E-state index in [0.717, 1.165) is 13.0 Å². The highest BCUT2D eigenvalue weighted by molar-refractivity contribution is 7.80. The van der Waals surface area contributed by atoms with E-state index in [9.17, 15) is 18.0 Å². The molecule has 0 aromatic rings. The molecule has 0 aliphatic carbocycles. The van der Waals surface area contributed by atoms with Gasteiger partial charge in [-0.3, -0.25) is 9.35 Å². The van der Waals surface area contributed by atoms with Crippen LogP contribution in [0, 0.1) is 0 Å². The molecule has 0 aromatic carbocycles. The van der Waals surface area contributed by atoms with E-state index in [1.165, 1.54) is 4.90 Å². The Hall–Kier alpha value is -1.80. The fourth-order valence-corrected chi connectivity index (χ4v) is 3.74. The minimum absolute atomic E-state index is 0.0305. The Morgan fingerprint density at radius 3 is 2.81 bits per heavy atom. The molecular formula is C13H21N5O7S. The van der Waals surface area contributed by atoms with Crippen LogP contribution in [0.5, 0.6) is 0 Å². The van der Waals surface area contributed by atoms with Crippen LogP contribution in [0.4, 0.5) is 4.79 Å². The summed E-state index contributed by atoms with van der Waals surface area (Å²) in [7, 11) is -4.81. The van der Waals surface area contributed by atoms with E-state index in [4.69, 9.17) is 15.0 Å². The number of hydrogen-bond donors (Lipinski definition) is 3. The molecule has 146 valence electrons. The lowest BCUT2D eigenvalue weighted by Crippen LogP contribution is -2.48. The SMILES string of the molecule is NC(=NC(=O)COC1CCNC1)[C@@H]1CC[C@@H]2CN1C(=O)N2OS(=O)(=O)O. The number of rotatable bonds is 6. The molecular weight excluding hydrogens is 370 g/mol. The van der Waals surface area contributed by atoms with Gasteiger partial charge in [-0.15, -0.1) is 4.28 Å². The van der Waals surface area contributed by atoms with Crippen molar-refractivity contribution in [2.24, 2.45) is 10.7 Å². The number of nitrogens with one attached hydrogen (secondary N) is 1. The number of hydrogen-bond acceptors (Lipinski definition) is 7. The molecule has 0 saturated carbocycles. The van der Waals surface area contributed by atoms with Crippen LogP contribution in [0.2, 0.25) is 0 Å². The van der Waals surface area contributed by atoms with Gasteiger partial charge < -0.3 is 20.7 Å². The van der Waals surface area contributed by atoms with Gasteiger partial charge in [-0.1, -0.05) is 0 Å². The fourth-order valence-electron chi connectivity index (χ4n) is 3.35. The van der Waals surface area contributed by atoms with Crippen LogP contribution in [-0.2, 0) is 24.2 Å². The average molecular weight is 391 g/mol. The molecule has 2 bridgehead atoms. The molecule has 3 aliphatic rings. The standard InChI is InChI=1S/C13H21N5O7S/c14-12(16-11(19)7-24-9-3-4-15-5-9)10-2-1-8-6-17(10)13(20)18(8)25-26(21,22)23/h8-10,15H,1-7H2,(H2,14,16,19)(H,21,22,23)/t8-,9?,10+/m1/s1. The lowest BCUT2D eigenvalue weighted by molar-refractivity contribution is -0.123. The Morgan fingerprint density at radius 1 is 1.38 bits per heavy atom. The number of carbonyl (C=O) groups is 2. The van der Waals surface area contributed by atoms with Gasteiger partial charge in [0.25, 0.3) is 5.91 Å². The Morgan fingerprint density at radius 2 is 2.15 bits per heavy atom. The molecule has 3 heterocycles. The predicted octanol–water partition coefficient (Wildman–Crippen LogP) is -1.75. The van der Waals surface area contributed by atoms with Crippen LogP contribution in [0.1, 0.15) is 19.3 Å². The number of nitrogens with two attached hydrogens (primary N) is 1. The zero-order chi connectivity index (χ0) is 18.9. The second-order valence-electron chi connectivity index (χ2n) is 6.37. The number of carbonyl (C=O) groups excluding carboxylic acids is 2. The van der Waals surface area contributed by atoms with E-state index in [1.807, 2.05) is 0 Å². The van der Waals surface area contributed by atoms with Crippen molar-refractivity contribution in [1.29, 1.82) is 0 Å². The van der Waals surface area contributed by atoms with E-state index >= 15 is 0 Å². The summed E-state index contributed by atoms with van der Waals surface area (Å²) >= 11 is 0. The zero-order valence-electron chi connectivity index (χ0n) is 13.9. The Kier molecular flexibility index (Phi) is 5.43. The van der Waals surface area contributed by atoms with Gasteiger partial charge in [0.2, 0.25) is 0 Å². The van der Waals surface area contributed by atoms with E-state index in [2.05, 4.69) is 14.6 Å². The lowest BCUT2D eigenvalue weighted by Gasteiger charge is -2.29. The molecule has 12 nitrogen and oxygen atoms in total. The third-order valence-electron chi connectivity index (χ3n) is 4.55. The number of nitrogens with zero attached hydrogens (tertiary/aromatic N) is 3. The predicted molar refractivity (Wildman–Crippen MR) is 87.2 cm³/mol. The average Bonchev–Trinajstić information content (AvgIpc) is 3.16. The van der Waals surface area contributed by atoms with Crippen LogP contribution in [0.3, 0.4) is 0 Å². The van der Waals surface area contributed by atoms with E-state index in [-0.39, 0.29) is 25.1 Å². The van der Waals surface area contributed by atoms with Crippen molar-refractivity contribution < 1.29 is 31.6 Å². The Bertz CT molecular complexity index is 706. The first-order valence-electron chi connectivity index (χ1n) is 8.20. The van der Waals surface area contributed by atoms with Crippen LogP contribution < -0.4 is 11.1 Å². The summed E-state index contributed by atoms with van der Waals surface area (Å²) in [5.41, 5.74) is 5.89. The van der Waals surface area contributed by atoms with Crippen molar-refractivity contribution in [3.8, 4) is 0 Å². The van der Waals surface area contributed by atoms with E-state index < -0.39 is 34.4 Å². The van der Waals surface area contributed by atoms with Gasteiger partial charge >= 0.3 is 16.4 Å². The van der Waals surface area contributed by atoms with Crippen molar-refractivity contribution in [2.75, 3.05) is 26.2 Å². The van der Waals surface area contributed by atoms with Crippen LogP contribution in [-0.4, -0.2) is 85.1 Å². The summed E-state index contributed by atoms with van der Waals surface area (Å²) in [6.07, 6.45) is 1.56. The third-order valence-corrected chi connectivity index (χ3v) is 4.90. The minimum Gasteiger partial charge on any atom is -0.385 e. The quantitative estimate of drug-likeness (QED) is 0.270. The highest BCUT2D eigenvalue weighted by Crippen LogP contribution is 2.30. The summed E-state index contributed by atoms with van der Waals surface area (Å²) in [6.45, 7) is 1.48. The van der Waals surface area contributed by atoms with Gasteiger partial charge in [-0.05, 0) is 25.8 Å². The van der Waals surface area contributed by atoms with Gasteiger partial charge in [0.1, 0.15) is 12.4 Å². The lowest BCUT2D eigenvalue weighted by atomic mass is 10.0. The van der Waals surface area contributed by atoms with E-state index in [1.54, 1.807) is 0 Å². The molecule has 3 aliphatic heterocycles. The number of amides is 3. The molecule has 1 unspecified atom stereocenters. The molecule has 3 atom stereocenters. The molecule has 3 amide bonds.